The van der Waals surface area contributed by atoms with Crippen molar-refractivity contribution in [3.63, 3.8) is 0 Å². The Kier molecular flexibility index (Phi) is 4.29. The summed E-state index contributed by atoms with van der Waals surface area (Å²) in [5.74, 6) is 0.0821. The van der Waals surface area contributed by atoms with Gasteiger partial charge in [-0.05, 0) is 18.3 Å². The first kappa shape index (κ1) is 14.1. The first-order valence-corrected chi connectivity index (χ1v) is 6.86. The maximum atomic E-state index is 12.4. The van der Waals surface area contributed by atoms with Crippen molar-refractivity contribution in [2.24, 2.45) is 11.8 Å². The molecule has 108 valence electrons. The molecule has 2 unspecified atom stereocenters. The van der Waals surface area contributed by atoms with Gasteiger partial charge in [0.1, 0.15) is 0 Å². The van der Waals surface area contributed by atoms with E-state index in [1.165, 1.54) is 4.90 Å². The molecule has 0 aromatic rings. The van der Waals surface area contributed by atoms with Crippen LogP contribution < -0.4 is 0 Å². The van der Waals surface area contributed by atoms with Crippen molar-refractivity contribution in [2.75, 3.05) is 32.8 Å². The summed E-state index contributed by atoms with van der Waals surface area (Å²) in [6.07, 6.45) is 1.01. The van der Waals surface area contributed by atoms with E-state index < -0.39 is 12.0 Å². The molecule has 6 heteroatoms. The van der Waals surface area contributed by atoms with Gasteiger partial charge in [0.05, 0.1) is 13.2 Å². The van der Waals surface area contributed by atoms with E-state index in [0.29, 0.717) is 25.0 Å². The molecular formula is C13H22N2O4. The maximum absolute atomic E-state index is 12.4. The number of likely N-dealkylation sites (tertiary alicyclic amines) is 1. The smallest absolute Gasteiger partial charge is 0.328 e. The van der Waals surface area contributed by atoms with Crippen LogP contribution in [0.25, 0.3) is 0 Å². The lowest BCUT2D eigenvalue weighted by molar-refractivity contribution is -0.147. The van der Waals surface area contributed by atoms with Crippen LogP contribution in [-0.4, -0.2) is 65.8 Å². The molecule has 2 atom stereocenters. The van der Waals surface area contributed by atoms with E-state index in [1.807, 2.05) is 0 Å². The van der Waals surface area contributed by atoms with Crippen LogP contribution in [0.1, 0.15) is 20.3 Å². The largest absolute Gasteiger partial charge is 0.480 e. The number of hydrogen-bond acceptors (Lipinski definition) is 3. The molecular weight excluding hydrogens is 248 g/mol. The van der Waals surface area contributed by atoms with Crippen molar-refractivity contribution < 1.29 is 19.4 Å². The van der Waals surface area contributed by atoms with Crippen LogP contribution in [0.5, 0.6) is 0 Å². The van der Waals surface area contributed by atoms with Gasteiger partial charge in [-0.25, -0.2) is 9.59 Å². The van der Waals surface area contributed by atoms with Gasteiger partial charge in [-0.2, -0.15) is 0 Å². The summed E-state index contributed by atoms with van der Waals surface area (Å²) in [7, 11) is 0. The van der Waals surface area contributed by atoms with Gasteiger partial charge < -0.3 is 19.6 Å². The average Bonchev–Trinajstić information content (AvgIpc) is 2.87. The minimum absolute atomic E-state index is 0.0858. The average molecular weight is 270 g/mol. The molecule has 0 aliphatic carbocycles. The van der Waals surface area contributed by atoms with Crippen LogP contribution in [0, 0.1) is 11.8 Å². The number of morpholine rings is 1. The molecule has 0 spiro atoms. The van der Waals surface area contributed by atoms with Gasteiger partial charge in [0.2, 0.25) is 0 Å². The number of ether oxygens (including phenoxy) is 1. The van der Waals surface area contributed by atoms with Crippen molar-refractivity contribution in [1.82, 2.24) is 9.80 Å². The molecule has 6 nitrogen and oxygen atoms in total. The second-order valence-electron chi connectivity index (χ2n) is 5.64. The topological polar surface area (TPSA) is 70.1 Å². The zero-order valence-corrected chi connectivity index (χ0v) is 11.5. The fourth-order valence-corrected chi connectivity index (χ4v) is 2.72. The molecule has 2 heterocycles. The SMILES string of the molecule is CC(C)C1CCN(C(=O)N2CCOCC2C(=O)O)C1. The quantitative estimate of drug-likeness (QED) is 0.808. The lowest BCUT2D eigenvalue weighted by Gasteiger charge is -2.35. The Hall–Kier alpha value is -1.30. The first-order valence-electron chi connectivity index (χ1n) is 6.86. The summed E-state index contributed by atoms with van der Waals surface area (Å²) < 4.78 is 5.15. The number of hydrogen-bond donors (Lipinski definition) is 1. The van der Waals surface area contributed by atoms with Crippen LogP contribution in [0.4, 0.5) is 4.79 Å². The summed E-state index contributed by atoms with van der Waals surface area (Å²) in [5.41, 5.74) is 0. The van der Waals surface area contributed by atoms with Crippen molar-refractivity contribution in [3.8, 4) is 0 Å². The summed E-state index contributed by atoms with van der Waals surface area (Å²) >= 11 is 0. The number of carboxylic acids is 1. The number of urea groups is 1. The Morgan fingerprint density at radius 3 is 2.63 bits per heavy atom. The molecule has 0 aromatic heterocycles. The van der Waals surface area contributed by atoms with Crippen LogP contribution in [-0.2, 0) is 9.53 Å². The highest BCUT2D eigenvalue weighted by molar-refractivity contribution is 5.83. The normalized spacial score (nSPS) is 27.9. The van der Waals surface area contributed by atoms with E-state index >= 15 is 0 Å². The van der Waals surface area contributed by atoms with Gasteiger partial charge in [0, 0.05) is 19.6 Å². The summed E-state index contributed by atoms with van der Waals surface area (Å²) in [6, 6.07) is -1.00. The molecule has 0 aromatic carbocycles. The van der Waals surface area contributed by atoms with Crippen molar-refractivity contribution in [3.05, 3.63) is 0 Å². The summed E-state index contributed by atoms with van der Waals surface area (Å²) in [6.45, 7) is 6.64. The van der Waals surface area contributed by atoms with Crippen molar-refractivity contribution in [1.29, 1.82) is 0 Å². The molecule has 0 bridgehead atoms. The van der Waals surface area contributed by atoms with E-state index in [2.05, 4.69) is 13.8 Å². The summed E-state index contributed by atoms with van der Waals surface area (Å²) in [4.78, 5) is 26.8. The number of carboxylic acid groups (broad SMARTS) is 1. The lowest BCUT2D eigenvalue weighted by Crippen LogP contribution is -2.56. The van der Waals surface area contributed by atoms with Gasteiger partial charge >= 0.3 is 12.0 Å². The molecule has 2 amide bonds. The first-order chi connectivity index (χ1) is 9.00. The predicted octanol–water partition coefficient (Wildman–Crippen LogP) is 0.870. The predicted molar refractivity (Wildman–Crippen MR) is 68.9 cm³/mol. The molecule has 1 N–H and O–H groups in total. The molecule has 19 heavy (non-hydrogen) atoms. The van der Waals surface area contributed by atoms with E-state index in [9.17, 15) is 9.59 Å². The van der Waals surface area contributed by atoms with E-state index in [0.717, 1.165) is 19.5 Å². The number of amides is 2. The maximum Gasteiger partial charge on any atom is 0.328 e. The summed E-state index contributed by atoms with van der Waals surface area (Å²) in [5, 5.41) is 9.15. The number of rotatable bonds is 2. The Morgan fingerprint density at radius 2 is 2.05 bits per heavy atom. The highest BCUT2D eigenvalue weighted by atomic mass is 16.5. The van der Waals surface area contributed by atoms with Gasteiger partial charge in [0.25, 0.3) is 0 Å². The van der Waals surface area contributed by atoms with E-state index in [4.69, 9.17) is 9.84 Å². The minimum atomic E-state index is -0.993. The number of carbonyl (C=O) groups is 2. The van der Waals surface area contributed by atoms with Crippen molar-refractivity contribution >= 4 is 12.0 Å². The third kappa shape index (κ3) is 3.00. The molecule has 2 rings (SSSR count). The number of carbonyl (C=O) groups excluding carboxylic acids is 1. The molecule has 2 aliphatic heterocycles. The molecule has 2 fully saturated rings. The zero-order valence-electron chi connectivity index (χ0n) is 11.5. The lowest BCUT2D eigenvalue weighted by atomic mass is 9.95. The highest BCUT2D eigenvalue weighted by Crippen LogP contribution is 2.25. The zero-order chi connectivity index (χ0) is 14.0. The van der Waals surface area contributed by atoms with Crippen molar-refractivity contribution in [2.45, 2.75) is 26.3 Å². The monoisotopic (exact) mass is 270 g/mol. The fourth-order valence-electron chi connectivity index (χ4n) is 2.72. The Bertz CT molecular complexity index is 359. The van der Waals surface area contributed by atoms with Gasteiger partial charge in [0.15, 0.2) is 6.04 Å². The van der Waals surface area contributed by atoms with Crippen LogP contribution >= 0.6 is 0 Å². The molecule has 0 radical (unpaired) electrons. The van der Waals surface area contributed by atoms with Crippen LogP contribution in [0.2, 0.25) is 0 Å². The van der Waals surface area contributed by atoms with E-state index in [1.54, 1.807) is 4.90 Å². The second kappa shape index (κ2) is 5.77. The third-order valence-electron chi connectivity index (χ3n) is 4.10. The minimum Gasteiger partial charge on any atom is -0.480 e. The number of aliphatic carboxylic acids is 1. The molecule has 0 saturated carbocycles. The number of nitrogens with zero attached hydrogens (tertiary/aromatic N) is 2. The van der Waals surface area contributed by atoms with Crippen LogP contribution in [0.15, 0.2) is 0 Å². The standard InChI is InChI=1S/C13H22N2O4/c1-9(2)10-3-4-14(7-10)13(18)15-5-6-19-8-11(15)12(16)17/h9-11H,3-8H2,1-2H3,(H,16,17). The Morgan fingerprint density at radius 1 is 1.32 bits per heavy atom. The van der Waals surface area contributed by atoms with Gasteiger partial charge in [-0.1, -0.05) is 13.8 Å². The second-order valence-corrected chi connectivity index (χ2v) is 5.64. The third-order valence-corrected chi connectivity index (χ3v) is 4.10. The fraction of sp³-hybridized carbons (Fsp3) is 0.846. The highest BCUT2D eigenvalue weighted by Gasteiger charge is 2.37. The molecule has 2 saturated heterocycles. The Labute approximate surface area is 113 Å². The van der Waals surface area contributed by atoms with E-state index in [-0.39, 0.29) is 12.6 Å². The van der Waals surface area contributed by atoms with Gasteiger partial charge in [-0.3, -0.25) is 0 Å². The molecule has 2 aliphatic rings. The Balaban J connectivity index is 2.00. The van der Waals surface area contributed by atoms with Gasteiger partial charge in [-0.15, -0.1) is 0 Å². The van der Waals surface area contributed by atoms with Crippen LogP contribution in [0.3, 0.4) is 0 Å².